The van der Waals surface area contributed by atoms with Crippen LogP contribution in [0.25, 0.3) is 11.3 Å². The molecule has 2 fully saturated rings. The standard InChI is InChI=1S/C27H26N4O/c28-18-27(17-20-4-3-5-22(16-20)21-8-9-21)11-14-31(15-12-27)26(32)24-7-2-1-6-23(24)25-10-13-29-19-30-25/h1-7,10,13,16,19,21H,8-9,11-12,14-15,17H2. The lowest BCUT2D eigenvalue weighted by molar-refractivity contribution is 0.0648. The molecule has 0 spiro atoms. The second kappa shape index (κ2) is 8.55. The van der Waals surface area contributed by atoms with Crippen LogP contribution < -0.4 is 0 Å². The maximum atomic E-state index is 13.4. The van der Waals surface area contributed by atoms with Crippen molar-refractivity contribution < 1.29 is 4.79 Å². The van der Waals surface area contributed by atoms with Gasteiger partial charge in [-0.05, 0) is 61.3 Å². The van der Waals surface area contributed by atoms with Crippen molar-refractivity contribution in [2.45, 2.75) is 38.0 Å². The summed E-state index contributed by atoms with van der Waals surface area (Å²) in [5.41, 5.74) is 4.43. The van der Waals surface area contributed by atoms with Crippen molar-refractivity contribution in [3.63, 3.8) is 0 Å². The Morgan fingerprint density at radius 2 is 1.91 bits per heavy atom. The van der Waals surface area contributed by atoms with Crippen LogP contribution in [0, 0.1) is 16.7 Å². The largest absolute Gasteiger partial charge is 0.339 e. The van der Waals surface area contributed by atoms with Crippen molar-refractivity contribution in [2.24, 2.45) is 5.41 Å². The van der Waals surface area contributed by atoms with E-state index in [0.29, 0.717) is 37.4 Å². The molecule has 1 amide bonds. The molecule has 2 aliphatic rings. The second-order valence-corrected chi connectivity index (χ2v) is 9.02. The van der Waals surface area contributed by atoms with Gasteiger partial charge >= 0.3 is 0 Å². The van der Waals surface area contributed by atoms with Crippen molar-refractivity contribution in [3.8, 4) is 17.3 Å². The molecule has 5 nitrogen and oxygen atoms in total. The van der Waals surface area contributed by atoms with Crippen LogP contribution >= 0.6 is 0 Å². The molecular formula is C27H26N4O. The van der Waals surface area contributed by atoms with Crippen molar-refractivity contribution in [1.82, 2.24) is 14.9 Å². The first-order valence-electron chi connectivity index (χ1n) is 11.3. The lowest BCUT2D eigenvalue weighted by atomic mass is 9.74. The first-order chi connectivity index (χ1) is 15.7. The summed E-state index contributed by atoms with van der Waals surface area (Å²) in [6, 6.07) is 20.8. The van der Waals surface area contributed by atoms with Crippen molar-refractivity contribution in [2.75, 3.05) is 13.1 Å². The van der Waals surface area contributed by atoms with E-state index >= 15 is 0 Å². The summed E-state index contributed by atoms with van der Waals surface area (Å²) in [5.74, 6) is 0.712. The molecule has 32 heavy (non-hydrogen) atoms. The van der Waals surface area contributed by atoms with Crippen LogP contribution in [0.5, 0.6) is 0 Å². The third-order valence-electron chi connectivity index (χ3n) is 6.80. The van der Waals surface area contributed by atoms with Crippen LogP contribution in [-0.4, -0.2) is 33.9 Å². The Morgan fingerprint density at radius 1 is 1.09 bits per heavy atom. The van der Waals surface area contributed by atoms with Gasteiger partial charge in [-0.2, -0.15) is 5.26 Å². The molecule has 1 saturated carbocycles. The minimum Gasteiger partial charge on any atom is -0.339 e. The van der Waals surface area contributed by atoms with E-state index in [1.54, 1.807) is 6.20 Å². The molecule has 5 rings (SSSR count). The predicted octanol–water partition coefficient (Wildman–Crippen LogP) is 5.01. The Bertz CT molecular complexity index is 1160. The fourth-order valence-electron chi connectivity index (χ4n) is 4.74. The number of hydrogen-bond acceptors (Lipinski definition) is 4. The zero-order valence-corrected chi connectivity index (χ0v) is 18.1. The number of benzene rings is 2. The third kappa shape index (κ3) is 4.13. The molecule has 1 aromatic heterocycles. The molecule has 160 valence electrons. The molecule has 1 aliphatic heterocycles. The van der Waals surface area contributed by atoms with Gasteiger partial charge in [-0.25, -0.2) is 9.97 Å². The molecule has 0 unspecified atom stereocenters. The molecule has 2 heterocycles. The zero-order valence-electron chi connectivity index (χ0n) is 18.1. The summed E-state index contributed by atoms with van der Waals surface area (Å²) in [4.78, 5) is 23.6. The molecule has 2 aromatic carbocycles. The number of likely N-dealkylation sites (tertiary alicyclic amines) is 1. The van der Waals surface area contributed by atoms with Gasteiger partial charge < -0.3 is 4.90 Å². The van der Waals surface area contributed by atoms with Crippen LogP contribution in [0.15, 0.2) is 67.1 Å². The Hall–Kier alpha value is -3.52. The maximum absolute atomic E-state index is 13.4. The summed E-state index contributed by atoms with van der Waals surface area (Å²) in [7, 11) is 0. The molecule has 0 atom stereocenters. The van der Waals surface area contributed by atoms with Gasteiger partial charge in [-0.15, -0.1) is 0 Å². The van der Waals surface area contributed by atoms with E-state index < -0.39 is 5.41 Å². The molecule has 0 bridgehead atoms. The molecule has 0 radical (unpaired) electrons. The van der Waals surface area contributed by atoms with Crippen molar-refractivity contribution in [3.05, 3.63) is 83.8 Å². The average Bonchev–Trinajstić information content (AvgIpc) is 3.71. The fraction of sp³-hybridized carbons (Fsp3) is 0.333. The van der Waals surface area contributed by atoms with Crippen LogP contribution in [-0.2, 0) is 6.42 Å². The Kier molecular flexibility index (Phi) is 5.45. The predicted molar refractivity (Wildman–Crippen MR) is 123 cm³/mol. The SMILES string of the molecule is N#CC1(Cc2cccc(C3CC3)c2)CCN(C(=O)c2ccccc2-c2ccncn2)CC1. The van der Waals surface area contributed by atoms with Gasteiger partial charge in [-0.1, -0.05) is 42.5 Å². The zero-order chi connectivity index (χ0) is 22.0. The first kappa shape index (κ1) is 20.4. The lowest BCUT2D eigenvalue weighted by Gasteiger charge is -2.37. The molecule has 1 aliphatic carbocycles. The minimum absolute atomic E-state index is 0.00137. The van der Waals surface area contributed by atoms with E-state index in [9.17, 15) is 10.1 Å². The normalized spacial score (nSPS) is 17.5. The maximum Gasteiger partial charge on any atom is 0.254 e. The molecule has 3 aromatic rings. The number of piperidine rings is 1. The smallest absolute Gasteiger partial charge is 0.254 e. The number of rotatable bonds is 5. The molecule has 1 saturated heterocycles. The molecule has 0 N–H and O–H groups in total. The van der Waals surface area contributed by atoms with Gasteiger partial charge in [0, 0.05) is 30.4 Å². The van der Waals surface area contributed by atoms with E-state index in [1.165, 1.54) is 30.3 Å². The molecule has 5 heteroatoms. The van der Waals surface area contributed by atoms with Gasteiger partial charge in [0.05, 0.1) is 17.2 Å². The average molecular weight is 423 g/mol. The summed E-state index contributed by atoms with van der Waals surface area (Å²) in [6.07, 6.45) is 7.88. The summed E-state index contributed by atoms with van der Waals surface area (Å²) in [5, 5.41) is 10.1. The van der Waals surface area contributed by atoms with Crippen molar-refractivity contribution >= 4 is 5.91 Å². The highest BCUT2D eigenvalue weighted by Crippen LogP contribution is 2.41. The summed E-state index contributed by atoms with van der Waals surface area (Å²) >= 11 is 0. The quantitative estimate of drug-likeness (QED) is 0.580. The van der Waals surface area contributed by atoms with E-state index in [-0.39, 0.29) is 5.91 Å². The summed E-state index contributed by atoms with van der Waals surface area (Å²) < 4.78 is 0. The van der Waals surface area contributed by atoms with Gasteiger partial charge in [-0.3, -0.25) is 4.79 Å². The number of carbonyl (C=O) groups excluding carboxylic acids is 1. The third-order valence-corrected chi connectivity index (χ3v) is 6.80. The van der Waals surface area contributed by atoms with Crippen LogP contribution in [0.4, 0.5) is 0 Å². The number of aromatic nitrogens is 2. The van der Waals surface area contributed by atoms with Crippen molar-refractivity contribution in [1.29, 1.82) is 5.26 Å². The van der Waals surface area contributed by atoms with E-state index in [1.807, 2.05) is 35.2 Å². The number of hydrogen-bond donors (Lipinski definition) is 0. The van der Waals surface area contributed by atoms with Crippen LogP contribution in [0.3, 0.4) is 0 Å². The van der Waals surface area contributed by atoms with E-state index in [2.05, 4.69) is 40.3 Å². The minimum atomic E-state index is -0.412. The Balaban J connectivity index is 1.31. The Labute approximate surface area is 188 Å². The molecular weight excluding hydrogens is 396 g/mol. The summed E-state index contributed by atoms with van der Waals surface area (Å²) in [6.45, 7) is 1.18. The Morgan fingerprint density at radius 3 is 2.62 bits per heavy atom. The number of nitrogens with zero attached hydrogens (tertiary/aromatic N) is 4. The van der Waals surface area contributed by atoms with Gasteiger partial charge in [0.1, 0.15) is 6.33 Å². The number of amides is 1. The highest BCUT2D eigenvalue weighted by atomic mass is 16.2. The highest BCUT2D eigenvalue weighted by Gasteiger charge is 2.37. The van der Waals surface area contributed by atoms with Gasteiger partial charge in [0.2, 0.25) is 0 Å². The van der Waals surface area contributed by atoms with E-state index in [4.69, 9.17) is 0 Å². The second-order valence-electron chi connectivity index (χ2n) is 9.02. The number of nitriles is 1. The number of carbonyl (C=O) groups is 1. The van der Waals surface area contributed by atoms with Gasteiger partial charge in [0.15, 0.2) is 0 Å². The lowest BCUT2D eigenvalue weighted by Crippen LogP contribution is -2.43. The van der Waals surface area contributed by atoms with Gasteiger partial charge in [0.25, 0.3) is 5.91 Å². The van der Waals surface area contributed by atoms with E-state index in [0.717, 1.165) is 17.7 Å². The monoisotopic (exact) mass is 422 g/mol. The van der Waals surface area contributed by atoms with Crippen LogP contribution in [0.2, 0.25) is 0 Å². The van der Waals surface area contributed by atoms with Crippen LogP contribution in [0.1, 0.15) is 53.1 Å². The highest BCUT2D eigenvalue weighted by molar-refractivity contribution is 6.00. The first-order valence-corrected chi connectivity index (χ1v) is 11.3. The fourth-order valence-corrected chi connectivity index (χ4v) is 4.74. The topological polar surface area (TPSA) is 69.9 Å².